The summed E-state index contributed by atoms with van der Waals surface area (Å²) in [6.07, 6.45) is 0. The fourth-order valence-corrected chi connectivity index (χ4v) is 2.51. The van der Waals surface area contributed by atoms with E-state index >= 15 is 0 Å². The van der Waals surface area contributed by atoms with Crippen LogP contribution in [0, 0.1) is 6.92 Å². The number of rotatable bonds is 4. The van der Waals surface area contributed by atoms with Gasteiger partial charge in [0.05, 0.1) is 19.1 Å². The Balaban J connectivity index is 2.15. The summed E-state index contributed by atoms with van der Waals surface area (Å²) in [5, 5.41) is 0.412. The zero-order valence-electron chi connectivity index (χ0n) is 13.5. The van der Waals surface area contributed by atoms with Crippen molar-refractivity contribution < 1.29 is 23.1 Å². The van der Waals surface area contributed by atoms with Crippen LogP contribution in [0.4, 0.5) is 0 Å². The van der Waals surface area contributed by atoms with Crippen LogP contribution in [-0.4, -0.2) is 19.7 Å². The highest BCUT2D eigenvalue weighted by molar-refractivity contribution is 5.88. The average Bonchev–Trinajstić information content (AvgIpc) is 3.03. The van der Waals surface area contributed by atoms with Crippen LogP contribution in [0.1, 0.15) is 23.2 Å². The molecule has 0 fully saturated rings. The molecule has 0 aliphatic carbocycles. The van der Waals surface area contributed by atoms with Crippen molar-refractivity contribution in [3.63, 3.8) is 0 Å². The second kappa shape index (κ2) is 6.23. The smallest absolute Gasteiger partial charge is 0.373 e. The molecule has 0 bridgehead atoms. The molecule has 0 N–H and O–H groups in total. The first kappa shape index (κ1) is 15.9. The molecule has 0 spiro atoms. The number of aryl methyl sites for hydroxylation is 1. The van der Waals surface area contributed by atoms with Gasteiger partial charge in [0, 0.05) is 6.07 Å². The van der Waals surface area contributed by atoms with Gasteiger partial charge in [-0.15, -0.1) is 0 Å². The van der Waals surface area contributed by atoms with Crippen molar-refractivity contribution >= 4 is 16.9 Å². The molecule has 3 aromatic rings. The van der Waals surface area contributed by atoms with Crippen molar-refractivity contribution in [2.75, 3.05) is 13.7 Å². The standard InChI is InChI=1S/C18H16O6/c1-4-22-11-5-6-12-15(9-11)23-10(2)16(17(12)19)13-7-8-14(24-13)18(20)21-3/h5-9H,4H2,1-3H3. The number of carbonyl (C=O) groups excluding carboxylic acids is 1. The predicted octanol–water partition coefficient (Wildman–Crippen LogP) is 3.55. The van der Waals surface area contributed by atoms with Crippen LogP contribution in [0.5, 0.6) is 5.75 Å². The van der Waals surface area contributed by atoms with E-state index in [9.17, 15) is 9.59 Å². The van der Waals surface area contributed by atoms with Crippen LogP contribution in [0.15, 0.2) is 44.0 Å². The van der Waals surface area contributed by atoms with Gasteiger partial charge in [0.15, 0.2) is 0 Å². The summed E-state index contributed by atoms with van der Waals surface area (Å²) in [6, 6.07) is 8.05. The third kappa shape index (κ3) is 2.67. The van der Waals surface area contributed by atoms with Crippen molar-refractivity contribution in [1.29, 1.82) is 0 Å². The van der Waals surface area contributed by atoms with Gasteiger partial charge in [0.1, 0.15) is 28.4 Å². The fraction of sp³-hybridized carbons (Fsp3) is 0.222. The van der Waals surface area contributed by atoms with Crippen molar-refractivity contribution in [2.24, 2.45) is 0 Å². The Morgan fingerprint density at radius 3 is 2.67 bits per heavy atom. The lowest BCUT2D eigenvalue weighted by molar-refractivity contribution is 0.0566. The highest BCUT2D eigenvalue weighted by Gasteiger charge is 2.19. The lowest BCUT2D eigenvalue weighted by Crippen LogP contribution is -2.07. The molecule has 124 valence electrons. The van der Waals surface area contributed by atoms with E-state index < -0.39 is 5.97 Å². The summed E-state index contributed by atoms with van der Waals surface area (Å²) in [7, 11) is 1.26. The van der Waals surface area contributed by atoms with E-state index in [-0.39, 0.29) is 22.5 Å². The van der Waals surface area contributed by atoms with E-state index in [1.54, 1.807) is 31.2 Å². The number of esters is 1. The molecule has 6 nitrogen and oxygen atoms in total. The van der Waals surface area contributed by atoms with E-state index in [1.165, 1.54) is 13.2 Å². The maximum atomic E-state index is 12.8. The van der Waals surface area contributed by atoms with Crippen LogP contribution < -0.4 is 10.2 Å². The van der Waals surface area contributed by atoms with Gasteiger partial charge in [-0.3, -0.25) is 4.79 Å². The van der Waals surface area contributed by atoms with Gasteiger partial charge in [0.2, 0.25) is 11.2 Å². The summed E-state index contributed by atoms with van der Waals surface area (Å²) >= 11 is 0. The Morgan fingerprint density at radius 2 is 1.96 bits per heavy atom. The lowest BCUT2D eigenvalue weighted by atomic mass is 10.1. The quantitative estimate of drug-likeness (QED) is 0.682. The number of furan rings is 1. The molecule has 0 amide bonds. The zero-order chi connectivity index (χ0) is 17.3. The maximum absolute atomic E-state index is 12.8. The molecule has 1 aromatic carbocycles. The van der Waals surface area contributed by atoms with E-state index in [0.29, 0.717) is 29.1 Å². The van der Waals surface area contributed by atoms with Crippen LogP contribution >= 0.6 is 0 Å². The minimum atomic E-state index is -0.606. The Labute approximate surface area is 137 Å². The van der Waals surface area contributed by atoms with E-state index in [4.69, 9.17) is 13.6 Å². The summed E-state index contributed by atoms with van der Waals surface area (Å²) in [5.41, 5.74) is 0.483. The minimum Gasteiger partial charge on any atom is -0.494 e. The van der Waals surface area contributed by atoms with Crippen LogP contribution in [-0.2, 0) is 4.74 Å². The number of ether oxygens (including phenoxy) is 2. The van der Waals surface area contributed by atoms with Gasteiger partial charge in [-0.25, -0.2) is 4.79 Å². The highest BCUT2D eigenvalue weighted by atomic mass is 16.5. The van der Waals surface area contributed by atoms with Crippen molar-refractivity contribution in [2.45, 2.75) is 13.8 Å². The molecule has 0 unspecified atom stereocenters. The summed E-state index contributed by atoms with van der Waals surface area (Å²) in [6.45, 7) is 4.07. The lowest BCUT2D eigenvalue weighted by Gasteiger charge is -2.07. The third-order valence-electron chi connectivity index (χ3n) is 3.59. The predicted molar refractivity (Wildman–Crippen MR) is 87.4 cm³/mol. The Morgan fingerprint density at radius 1 is 1.17 bits per heavy atom. The summed E-state index contributed by atoms with van der Waals surface area (Å²) in [4.78, 5) is 24.3. The molecule has 0 radical (unpaired) electrons. The van der Waals surface area contributed by atoms with Crippen LogP contribution in [0.3, 0.4) is 0 Å². The normalized spacial score (nSPS) is 10.8. The molecule has 0 atom stereocenters. The Hall–Kier alpha value is -3.02. The molecule has 3 rings (SSSR count). The molecule has 0 aliphatic rings. The zero-order valence-corrected chi connectivity index (χ0v) is 13.5. The van der Waals surface area contributed by atoms with Crippen molar-refractivity contribution in [3.05, 3.63) is 52.1 Å². The topological polar surface area (TPSA) is 78.9 Å². The molecular formula is C18H16O6. The number of benzene rings is 1. The molecular weight excluding hydrogens is 312 g/mol. The number of hydrogen-bond donors (Lipinski definition) is 0. The maximum Gasteiger partial charge on any atom is 0.373 e. The monoisotopic (exact) mass is 328 g/mol. The number of fused-ring (bicyclic) bond motifs is 1. The molecule has 2 heterocycles. The number of hydrogen-bond acceptors (Lipinski definition) is 6. The fourth-order valence-electron chi connectivity index (χ4n) is 2.51. The summed E-state index contributed by atoms with van der Waals surface area (Å²) < 4.78 is 21.2. The van der Waals surface area contributed by atoms with Crippen molar-refractivity contribution in [3.8, 4) is 17.1 Å². The van der Waals surface area contributed by atoms with Gasteiger partial charge in [-0.05, 0) is 38.1 Å². The number of carbonyl (C=O) groups is 1. The third-order valence-corrected chi connectivity index (χ3v) is 3.59. The van der Waals surface area contributed by atoms with E-state index in [1.807, 2.05) is 6.92 Å². The first-order valence-corrected chi connectivity index (χ1v) is 7.44. The number of methoxy groups -OCH3 is 1. The van der Waals surface area contributed by atoms with Gasteiger partial charge in [-0.1, -0.05) is 0 Å². The molecule has 0 saturated heterocycles. The molecule has 24 heavy (non-hydrogen) atoms. The highest BCUT2D eigenvalue weighted by Crippen LogP contribution is 2.27. The van der Waals surface area contributed by atoms with Crippen LogP contribution in [0.25, 0.3) is 22.3 Å². The molecule has 2 aromatic heterocycles. The minimum absolute atomic E-state index is 0.0260. The Kier molecular flexibility index (Phi) is 4.12. The first-order chi connectivity index (χ1) is 11.5. The van der Waals surface area contributed by atoms with E-state index in [2.05, 4.69) is 4.74 Å². The molecule has 0 aliphatic heterocycles. The van der Waals surface area contributed by atoms with Gasteiger partial charge in [-0.2, -0.15) is 0 Å². The average molecular weight is 328 g/mol. The second-order valence-corrected chi connectivity index (χ2v) is 5.11. The first-order valence-electron chi connectivity index (χ1n) is 7.44. The molecule has 0 saturated carbocycles. The van der Waals surface area contributed by atoms with Gasteiger partial charge >= 0.3 is 5.97 Å². The van der Waals surface area contributed by atoms with Crippen molar-refractivity contribution in [1.82, 2.24) is 0 Å². The van der Waals surface area contributed by atoms with E-state index in [0.717, 1.165) is 0 Å². The van der Waals surface area contributed by atoms with Gasteiger partial charge < -0.3 is 18.3 Å². The molecule has 6 heteroatoms. The summed E-state index contributed by atoms with van der Waals surface area (Å²) in [5.74, 6) is 0.708. The Bertz CT molecular complexity index is 963. The van der Waals surface area contributed by atoms with Crippen LogP contribution in [0.2, 0.25) is 0 Å². The largest absolute Gasteiger partial charge is 0.494 e. The SMILES string of the molecule is CCOc1ccc2c(=O)c(-c3ccc(C(=O)OC)o3)c(C)oc2c1. The van der Waals surface area contributed by atoms with Gasteiger partial charge in [0.25, 0.3) is 0 Å². The second-order valence-electron chi connectivity index (χ2n) is 5.11.